The standard InChI is InChI=1S/C14H26N4/c1-12(13-5-9-17(2)10-6-13)15-7-4-14-16-8-11-18(14)3/h8,11-13,15H,4-7,9-10H2,1-3H3. The average Bonchev–Trinajstić information content (AvgIpc) is 2.76. The Hall–Kier alpha value is -0.870. The van der Waals surface area contributed by atoms with Gasteiger partial charge in [-0.1, -0.05) is 0 Å². The number of nitrogens with one attached hydrogen (secondary N) is 1. The first-order chi connectivity index (χ1) is 8.66. The van der Waals surface area contributed by atoms with Gasteiger partial charge >= 0.3 is 0 Å². The number of rotatable bonds is 5. The van der Waals surface area contributed by atoms with Gasteiger partial charge in [0.2, 0.25) is 0 Å². The number of piperidine rings is 1. The van der Waals surface area contributed by atoms with Crippen LogP contribution in [-0.2, 0) is 13.5 Å². The van der Waals surface area contributed by atoms with Crippen molar-refractivity contribution in [2.24, 2.45) is 13.0 Å². The number of nitrogens with zero attached hydrogens (tertiary/aromatic N) is 3. The predicted molar refractivity (Wildman–Crippen MR) is 74.6 cm³/mol. The zero-order valence-corrected chi connectivity index (χ0v) is 11.9. The highest BCUT2D eigenvalue weighted by Gasteiger charge is 2.21. The van der Waals surface area contributed by atoms with Crippen molar-refractivity contribution in [1.29, 1.82) is 0 Å². The monoisotopic (exact) mass is 250 g/mol. The lowest BCUT2D eigenvalue weighted by molar-refractivity contribution is 0.190. The Balaban J connectivity index is 1.68. The van der Waals surface area contributed by atoms with Crippen molar-refractivity contribution in [3.05, 3.63) is 18.2 Å². The van der Waals surface area contributed by atoms with Gasteiger partial charge in [0.15, 0.2) is 0 Å². The summed E-state index contributed by atoms with van der Waals surface area (Å²) in [4.78, 5) is 6.78. The molecule has 102 valence electrons. The predicted octanol–water partition coefficient (Wildman–Crippen LogP) is 1.28. The van der Waals surface area contributed by atoms with Crippen LogP contribution in [0.15, 0.2) is 12.4 Å². The summed E-state index contributed by atoms with van der Waals surface area (Å²) in [6.07, 6.45) is 7.55. The fraction of sp³-hybridized carbons (Fsp3) is 0.786. The first-order valence-electron chi connectivity index (χ1n) is 7.05. The first-order valence-corrected chi connectivity index (χ1v) is 7.05. The smallest absolute Gasteiger partial charge is 0.109 e. The van der Waals surface area contributed by atoms with E-state index >= 15 is 0 Å². The lowest BCUT2D eigenvalue weighted by Crippen LogP contribution is -2.41. The molecule has 0 radical (unpaired) electrons. The molecule has 4 heteroatoms. The molecule has 4 nitrogen and oxygen atoms in total. The van der Waals surface area contributed by atoms with Crippen LogP contribution in [0.4, 0.5) is 0 Å². The maximum atomic E-state index is 4.35. The summed E-state index contributed by atoms with van der Waals surface area (Å²) in [5, 5.41) is 3.66. The molecular weight excluding hydrogens is 224 g/mol. The maximum absolute atomic E-state index is 4.35. The Morgan fingerprint density at radius 1 is 1.39 bits per heavy atom. The summed E-state index contributed by atoms with van der Waals surface area (Å²) in [5.41, 5.74) is 0. The zero-order valence-electron chi connectivity index (χ0n) is 11.9. The van der Waals surface area contributed by atoms with Gasteiger partial charge in [-0.15, -0.1) is 0 Å². The number of aromatic nitrogens is 2. The Morgan fingerprint density at radius 2 is 2.11 bits per heavy atom. The molecule has 2 heterocycles. The van der Waals surface area contributed by atoms with E-state index in [0.29, 0.717) is 6.04 Å². The van der Waals surface area contributed by atoms with E-state index in [2.05, 4.69) is 40.8 Å². The van der Waals surface area contributed by atoms with E-state index in [-0.39, 0.29) is 0 Å². The van der Waals surface area contributed by atoms with Gasteiger partial charge in [0.25, 0.3) is 0 Å². The van der Waals surface area contributed by atoms with Crippen molar-refractivity contribution in [2.75, 3.05) is 26.7 Å². The van der Waals surface area contributed by atoms with E-state index in [4.69, 9.17) is 0 Å². The molecule has 1 atom stereocenters. The van der Waals surface area contributed by atoms with Crippen molar-refractivity contribution >= 4 is 0 Å². The number of likely N-dealkylation sites (tertiary alicyclic amines) is 1. The minimum atomic E-state index is 0.624. The molecule has 1 aromatic heterocycles. The van der Waals surface area contributed by atoms with Crippen LogP contribution < -0.4 is 5.32 Å². The lowest BCUT2D eigenvalue weighted by atomic mass is 9.90. The van der Waals surface area contributed by atoms with Crippen molar-refractivity contribution in [3.8, 4) is 0 Å². The van der Waals surface area contributed by atoms with Crippen LogP contribution in [0.25, 0.3) is 0 Å². The Labute approximate surface area is 110 Å². The summed E-state index contributed by atoms with van der Waals surface area (Å²) in [7, 11) is 4.28. The van der Waals surface area contributed by atoms with Gasteiger partial charge in [-0.05, 0) is 45.8 Å². The Morgan fingerprint density at radius 3 is 2.72 bits per heavy atom. The van der Waals surface area contributed by atoms with E-state index in [1.165, 1.54) is 25.9 Å². The fourth-order valence-electron chi connectivity index (χ4n) is 2.74. The molecule has 0 amide bonds. The summed E-state index contributed by atoms with van der Waals surface area (Å²) in [5.74, 6) is 2.00. The molecule has 1 saturated heterocycles. The molecule has 1 aromatic rings. The molecule has 0 spiro atoms. The quantitative estimate of drug-likeness (QED) is 0.854. The lowest BCUT2D eigenvalue weighted by Gasteiger charge is -2.33. The van der Waals surface area contributed by atoms with E-state index in [0.717, 1.165) is 24.7 Å². The molecule has 0 bridgehead atoms. The minimum Gasteiger partial charge on any atom is -0.338 e. The summed E-state index contributed by atoms with van der Waals surface area (Å²) < 4.78 is 2.10. The normalized spacial score (nSPS) is 20.2. The summed E-state index contributed by atoms with van der Waals surface area (Å²) in [6.45, 7) is 5.85. The van der Waals surface area contributed by atoms with E-state index < -0.39 is 0 Å². The zero-order chi connectivity index (χ0) is 13.0. The summed E-state index contributed by atoms with van der Waals surface area (Å²) >= 11 is 0. The third-order valence-corrected chi connectivity index (χ3v) is 4.21. The minimum absolute atomic E-state index is 0.624. The molecule has 1 unspecified atom stereocenters. The molecule has 18 heavy (non-hydrogen) atoms. The van der Waals surface area contributed by atoms with Crippen LogP contribution in [0.2, 0.25) is 0 Å². The average molecular weight is 250 g/mol. The molecule has 0 saturated carbocycles. The SMILES string of the molecule is CC(NCCc1nccn1C)C1CCN(C)CC1. The number of imidazole rings is 1. The number of aryl methyl sites for hydroxylation is 1. The molecule has 1 N–H and O–H groups in total. The van der Waals surface area contributed by atoms with Gasteiger partial charge in [-0.25, -0.2) is 4.98 Å². The molecule has 1 aliphatic heterocycles. The Kier molecular flexibility index (Phi) is 4.78. The van der Waals surface area contributed by atoms with Crippen LogP contribution in [0.3, 0.4) is 0 Å². The second-order valence-electron chi connectivity index (χ2n) is 5.59. The largest absolute Gasteiger partial charge is 0.338 e. The van der Waals surface area contributed by atoms with Gasteiger partial charge in [0, 0.05) is 38.4 Å². The third kappa shape index (κ3) is 3.56. The molecule has 2 rings (SSSR count). The van der Waals surface area contributed by atoms with Gasteiger partial charge in [-0.2, -0.15) is 0 Å². The van der Waals surface area contributed by atoms with Gasteiger partial charge in [0.05, 0.1) is 0 Å². The second-order valence-corrected chi connectivity index (χ2v) is 5.59. The highest BCUT2D eigenvalue weighted by Crippen LogP contribution is 2.19. The van der Waals surface area contributed by atoms with E-state index in [1.807, 2.05) is 12.4 Å². The van der Waals surface area contributed by atoms with E-state index in [9.17, 15) is 0 Å². The molecule has 1 fully saturated rings. The van der Waals surface area contributed by atoms with Crippen molar-refractivity contribution in [1.82, 2.24) is 19.8 Å². The third-order valence-electron chi connectivity index (χ3n) is 4.21. The van der Waals surface area contributed by atoms with Gasteiger partial charge < -0.3 is 14.8 Å². The summed E-state index contributed by atoms with van der Waals surface area (Å²) in [6, 6.07) is 0.624. The van der Waals surface area contributed by atoms with Crippen LogP contribution in [-0.4, -0.2) is 47.2 Å². The number of hydrogen-bond acceptors (Lipinski definition) is 3. The fourth-order valence-corrected chi connectivity index (χ4v) is 2.74. The van der Waals surface area contributed by atoms with Crippen LogP contribution in [0, 0.1) is 5.92 Å². The maximum Gasteiger partial charge on any atom is 0.109 e. The van der Waals surface area contributed by atoms with Crippen LogP contribution in [0.5, 0.6) is 0 Å². The highest BCUT2D eigenvalue weighted by molar-refractivity contribution is 4.92. The van der Waals surface area contributed by atoms with Crippen molar-refractivity contribution < 1.29 is 0 Å². The van der Waals surface area contributed by atoms with Crippen molar-refractivity contribution in [3.63, 3.8) is 0 Å². The number of hydrogen-bond donors (Lipinski definition) is 1. The van der Waals surface area contributed by atoms with Crippen molar-refractivity contribution in [2.45, 2.75) is 32.2 Å². The van der Waals surface area contributed by atoms with E-state index in [1.54, 1.807) is 0 Å². The topological polar surface area (TPSA) is 33.1 Å². The van der Waals surface area contributed by atoms with Gasteiger partial charge in [-0.3, -0.25) is 0 Å². The molecule has 0 aliphatic carbocycles. The molecular formula is C14H26N4. The van der Waals surface area contributed by atoms with Crippen LogP contribution in [0.1, 0.15) is 25.6 Å². The van der Waals surface area contributed by atoms with Gasteiger partial charge in [0.1, 0.15) is 5.82 Å². The second kappa shape index (κ2) is 6.34. The Bertz CT molecular complexity index is 352. The van der Waals surface area contributed by atoms with Crippen LogP contribution >= 0.6 is 0 Å². The molecule has 0 aromatic carbocycles. The molecule has 1 aliphatic rings. The first kappa shape index (κ1) is 13.6. The highest BCUT2D eigenvalue weighted by atomic mass is 15.1.